The normalized spacial score (nSPS) is 22.2. The molecule has 0 bridgehead atoms. The van der Waals surface area contributed by atoms with Crippen molar-refractivity contribution in [2.75, 3.05) is 23.2 Å². The number of carbonyl (C=O) groups is 2. The number of anilines is 2. The van der Waals surface area contributed by atoms with Crippen LogP contribution in [0.3, 0.4) is 0 Å². The molecule has 4 aromatic carbocycles. The van der Waals surface area contributed by atoms with Gasteiger partial charge in [0.15, 0.2) is 0 Å². The molecule has 2 aliphatic carbocycles. The summed E-state index contributed by atoms with van der Waals surface area (Å²) in [6.07, 6.45) is -1.30. The summed E-state index contributed by atoms with van der Waals surface area (Å²) in [5.41, 5.74) is 0.645. The third kappa shape index (κ3) is 8.03. The van der Waals surface area contributed by atoms with E-state index in [0.29, 0.717) is 34.0 Å². The number of nitriles is 2. The summed E-state index contributed by atoms with van der Waals surface area (Å²) >= 11 is 0. The van der Waals surface area contributed by atoms with Gasteiger partial charge in [-0.15, -0.1) is 0 Å². The molecule has 0 aromatic heterocycles. The first-order valence-electron chi connectivity index (χ1n) is 21.5. The molecule has 12 nitrogen and oxygen atoms in total. The average molecular weight is 911 g/mol. The fourth-order valence-electron chi connectivity index (χ4n) is 10.5. The first-order valence-corrected chi connectivity index (χ1v) is 21.5. The van der Waals surface area contributed by atoms with Crippen molar-refractivity contribution in [2.45, 2.75) is 75.8 Å². The molecule has 18 heteroatoms. The van der Waals surface area contributed by atoms with Gasteiger partial charge < -0.3 is 19.7 Å². The molecular formula is C48H40F6N6O6. The Hall–Kier alpha value is -7.08. The lowest BCUT2D eigenvalue weighted by molar-refractivity contribution is -0.138. The van der Waals surface area contributed by atoms with Crippen LogP contribution in [-0.2, 0) is 12.4 Å². The van der Waals surface area contributed by atoms with Crippen LogP contribution < -0.4 is 19.5 Å². The Balaban J connectivity index is 0.000000166. The minimum atomic E-state index is -4.66. The van der Waals surface area contributed by atoms with Crippen molar-refractivity contribution < 1.29 is 55.6 Å². The zero-order valence-corrected chi connectivity index (χ0v) is 34.9. The van der Waals surface area contributed by atoms with Crippen LogP contribution in [0.25, 0.3) is 0 Å². The Kier molecular flexibility index (Phi) is 11.4. The summed E-state index contributed by atoms with van der Waals surface area (Å²) in [6, 6.07) is 19.4. The summed E-state index contributed by atoms with van der Waals surface area (Å²) in [7, 11) is 0. The predicted octanol–water partition coefficient (Wildman–Crippen LogP) is 10.1. The molecule has 2 N–H and O–H groups in total. The number of nitrogens with zero attached hydrogens (tertiary/aromatic N) is 6. The molecule has 4 aliphatic heterocycles. The van der Waals surface area contributed by atoms with Crippen LogP contribution in [-0.4, -0.2) is 58.9 Å². The Morgan fingerprint density at radius 3 is 1.30 bits per heavy atom. The number of alkyl halides is 6. The molecule has 0 spiro atoms. The molecule has 2 fully saturated rings. The average Bonchev–Trinajstić information content (AvgIpc) is 4.14. The molecule has 10 rings (SSSR count). The van der Waals surface area contributed by atoms with Gasteiger partial charge in [-0.1, -0.05) is 25.7 Å². The van der Waals surface area contributed by atoms with Gasteiger partial charge in [0.1, 0.15) is 11.5 Å². The van der Waals surface area contributed by atoms with Crippen LogP contribution in [0, 0.1) is 46.3 Å². The number of hydrazone groups is 2. The van der Waals surface area contributed by atoms with Gasteiger partial charge in [0.2, 0.25) is 0 Å². The smallest absolute Gasteiger partial charge is 0.417 e. The quantitative estimate of drug-likeness (QED) is 0.177. The second-order valence-electron chi connectivity index (χ2n) is 17.3. The number of rotatable bonds is 6. The van der Waals surface area contributed by atoms with E-state index in [9.17, 15) is 46.1 Å². The van der Waals surface area contributed by atoms with Gasteiger partial charge >= 0.3 is 24.3 Å². The summed E-state index contributed by atoms with van der Waals surface area (Å²) in [4.78, 5) is 22.7. The fraction of sp³-hybridized carbons (Fsp3) is 0.375. The van der Waals surface area contributed by atoms with E-state index in [1.165, 1.54) is 48.5 Å². The molecular weight excluding hydrogens is 871 g/mol. The maximum Gasteiger partial charge on any atom is 0.417 e. The maximum atomic E-state index is 13.6. The Labute approximate surface area is 373 Å². The predicted molar refractivity (Wildman–Crippen MR) is 227 cm³/mol. The molecule has 66 heavy (non-hydrogen) atoms. The van der Waals surface area contributed by atoms with E-state index in [-0.39, 0.29) is 71.5 Å². The fourth-order valence-corrected chi connectivity index (χ4v) is 10.5. The van der Waals surface area contributed by atoms with Gasteiger partial charge in [-0.3, -0.25) is 10.0 Å². The molecule has 340 valence electrons. The Morgan fingerprint density at radius 1 is 0.591 bits per heavy atom. The van der Waals surface area contributed by atoms with Crippen LogP contribution in [0.2, 0.25) is 0 Å². The van der Waals surface area contributed by atoms with Crippen molar-refractivity contribution in [3.63, 3.8) is 0 Å². The number of halogens is 6. The second-order valence-corrected chi connectivity index (χ2v) is 17.3. The highest BCUT2D eigenvalue weighted by Gasteiger charge is 2.49. The van der Waals surface area contributed by atoms with Gasteiger partial charge in [0.05, 0.1) is 105 Å². The number of hydrogen-bond acceptors (Lipinski definition) is 10. The van der Waals surface area contributed by atoms with Crippen LogP contribution in [0.1, 0.15) is 105 Å². The highest BCUT2D eigenvalue weighted by Crippen LogP contribution is 2.47. The third-order valence-electron chi connectivity index (χ3n) is 13.5. The molecule has 4 aromatic rings. The molecule has 4 heterocycles. The van der Waals surface area contributed by atoms with E-state index >= 15 is 0 Å². The van der Waals surface area contributed by atoms with E-state index in [4.69, 9.17) is 30.2 Å². The van der Waals surface area contributed by atoms with Crippen LogP contribution in [0.5, 0.6) is 11.5 Å². The highest BCUT2D eigenvalue weighted by atomic mass is 19.4. The highest BCUT2D eigenvalue weighted by molar-refractivity contribution is 6.09. The third-order valence-corrected chi connectivity index (χ3v) is 13.5. The number of aromatic carboxylic acids is 2. The number of carboxylic acids is 2. The lowest BCUT2D eigenvalue weighted by Gasteiger charge is -2.34. The summed E-state index contributed by atoms with van der Waals surface area (Å²) in [5, 5.41) is 49.7. The standard InChI is InChI=1S/2C24H20F3N3O3/c2*25-24(26,27)19-10-16(7-5-15(19)11-28)30-22(13-3-1-2-4-13)18-12-33-20-9-14(23(31)32)6-8-17(20)21(18)29-30/h2*5-10,13,18,22H,1-4,12H2,(H,31,32)/t18-,22+;18-,22-/m10/s1. The lowest BCUT2D eigenvalue weighted by Crippen LogP contribution is -2.43. The van der Waals surface area contributed by atoms with E-state index in [1.807, 2.05) is 0 Å². The molecule has 0 saturated heterocycles. The zero-order chi connectivity index (χ0) is 46.7. The van der Waals surface area contributed by atoms with Crippen molar-refractivity contribution in [1.29, 1.82) is 10.5 Å². The van der Waals surface area contributed by atoms with Gasteiger partial charge in [0, 0.05) is 11.1 Å². The van der Waals surface area contributed by atoms with Gasteiger partial charge in [-0.05, 0) is 110 Å². The SMILES string of the molecule is N#Cc1ccc(N2N=C3c4ccc(C(=O)O)cc4OC[C@@H]3[C@@H]2C2CCCC2)cc1C(F)(F)F.N#Cc1ccc(N2N=C3c4ccc(C(=O)O)cc4OC[C@H]3[C@@H]2C2CCCC2)cc1C(F)(F)F. The van der Waals surface area contributed by atoms with Crippen LogP contribution >= 0.6 is 0 Å². The molecule has 0 radical (unpaired) electrons. The van der Waals surface area contributed by atoms with E-state index in [1.54, 1.807) is 34.3 Å². The van der Waals surface area contributed by atoms with Crippen molar-refractivity contribution in [2.24, 2.45) is 33.9 Å². The molecule has 0 amide bonds. The van der Waals surface area contributed by atoms with Crippen LogP contribution in [0.15, 0.2) is 83.0 Å². The van der Waals surface area contributed by atoms with Crippen molar-refractivity contribution in [3.05, 3.63) is 117 Å². The van der Waals surface area contributed by atoms with E-state index in [0.717, 1.165) is 63.5 Å². The minimum Gasteiger partial charge on any atom is -0.492 e. The first kappa shape index (κ1) is 44.1. The van der Waals surface area contributed by atoms with Crippen molar-refractivity contribution >= 4 is 34.7 Å². The van der Waals surface area contributed by atoms with Gasteiger partial charge in [-0.2, -0.15) is 47.1 Å². The molecule has 2 saturated carbocycles. The molecule has 4 atom stereocenters. The van der Waals surface area contributed by atoms with E-state index in [2.05, 4.69) is 0 Å². The monoisotopic (exact) mass is 910 g/mol. The number of benzene rings is 4. The lowest BCUT2D eigenvalue weighted by atomic mass is 9.81. The Morgan fingerprint density at radius 2 is 0.970 bits per heavy atom. The largest absolute Gasteiger partial charge is 0.492 e. The summed E-state index contributed by atoms with van der Waals surface area (Å²) < 4.78 is 93.6. The van der Waals surface area contributed by atoms with Gasteiger partial charge in [-0.25, -0.2) is 9.59 Å². The topological polar surface area (TPSA) is 172 Å². The summed E-state index contributed by atoms with van der Waals surface area (Å²) in [5.74, 6) is -1.14. The van der Waals surface area contributed by atoms with Crippen molar-refractivity contribution in [3.8, 4) is 23.6 Å². The number of carboxylic acid groups (broad SMARTS) is 2. The number of hydrogen-bond donors (Lipinski definition) is 2. The Bertz CT molecular complexity index is 2580. The molecule has 6 aliphatic rings. The maximum absolute atomic E-state index is 13.6. The second kappa shape index (κ2) is 17.0. The first-order chi connectivity index (χ1) is 31.5. The van der Waals surface area contributed by atoms with Gasteiger partial charge in [0.25, 0.3) is 0 Å². The minimum absolute atomic E-state index is 0.0944. The number of fused-ring (bicyclic) bond motifs is 6. The molecule has 0 unspecified atom stereocenters. The van der Waals surface area contributed by atoms with Crippen molar-refractivity contribution in [1.82, 2.24) is 0 Å². The number of ether oxygens (including phenoxy) is 2. The van der Waals surface area contributed by atoms with Crippen LogP contribution in [0.4, 0.5) is 37.7 Å². The summed E-state index contributed by atoms with van der Waals surface area (Å²) in [6.45, 7) is 0.546. The van der Waals surface area contributed by atoms with E-state index < -0.39 is 46.5 Å². The zero-order valence-electron chi connectivity index (χ0n) is 34.9.